The summed E-state index contributed by atoms with van der Waals surface area (Å²) < 4.78 is 1.31. The van der Waals surface area contributed by atoms with Gasteiger partial charge in [-0.25, -0.2) is 0 Å². The van der Waals surface area contributed by atoms with Crippen molar-refractivity contribution in [2.45, 2.75) is 0 Å². The van der Waals surface area contributed by atoms with Crippen molar-refractivity contribution in [1.82, 2.24) is 0 Å². The second kappa shape index (κ2) is 2.54. The number of halogens is 1. The van der Waals surface area contributed by atoms with Crippen LogP contribution in [0, 0.1) is 0 Å². The highest BCUT2D eigenvalue weighted by Crippen LogP contribution is 2.42. The molecule has 0 radical (unpaired) electrons. The molecule has 0 spiro atoms. The smallest absolute Gasteiger partial charge is 0.155 e. The Morgan fingerprint density at radius 3 is 2.83 bits per heavy atom. The third-order valence-electron chi connectivity index (χ3n) is 1.68. The van der Waals surface area contributed by atoms with Crippen molar-refractivity contribution in [3.63, 3.8) is 0 Å². The Balaban J connectivity index is 2.97. The predicted octanol–water partition coefficient (Wildman–Crippen LogP) is 2.84. The van der Waals surface area contributed by atoms with Crippen LogP contribution in [0.1, 0.15) is 0 Å². The number of nitrogen functional groups attached to an aromatic ring is 1. The highest BCUT2D eigenvalue weighted by Gasteiger charge is 2.10. The van der Waals surface area contributed by atoms with Gasteiger partial charge in [0.1, 0.15) is 4.34 Å². The van der Waals surface area contributed by atoms with Crippen LogP contribution in [0.4, 0.5) is 5.69 Å². The lowest BCUT2D eigenvalue weighted by Crippen LogP contribution is -1.83. The molecule has 2 rings (SSSR count). The molecule has 62 valence electrons. The number of hydrogen-bond acceptors (Lipinski definition) is 3. The van der Waals surface area contributed by atoms with E-state index in [1.54, 1.807) is 6.07 Å². The van der Waals surface area contributed by atoms with E-state index in [-0.39, 0.29) is 5.75 Å². The van der Waals surface area contributed by atoms with Crippen LogP contribution < -0.4 is 5.73 Å². The minimum Gasteiger partial charge on any atom is -0.505 e. The van der Waals surface area contributed by atoms with E-state index in [1.165, 1.54) is 11.3 Å². The standard InChI is InChI=1S/C8H6ClNOS/c9-8-7(11)6-4(10)2-1-3-5(6)12-8/h1-3,11H,10H2. The molecule has 0 aliphatic heterocycles. The maximum atomic E-state index is 9.48. The van der Waals surface area contributed by atoms with Crippen LogP contribution >= 0.6 is 22.9 Å². The normalized spacial score (nSPS) is 10.8. The Morgan fingerprint density at radius 1 is 1.42 bits per heavy atom. The maximum Gasteiger partial charge on any atom is 0.155 e. The van der Waals surface area contributed by atoms with Gasteiger partial charge < -0.3 is 10.8 Å². The van der Waals surface area contributed by atoms with Crippen molar-refractivity contribution in [3.8, 4) is 5.75 Å². The van der Waals surface area contributed by atoms with E-state index < -0.39 is 0 Å². The van der Waals surface area contributed by atoms with Gasteiger partial charge in [0.25, 0.3) is 0 Å². The van der Waals surface area contributed by atoms with E-state index in [2.05, 4.69) is 0 Å². The molecule has 0 saturated heterocycles. The first-order valence-corrected chi connectivity index (χ1v) is 4.55. The molecule has 0 bridgehead atoms. The lowest BCUT2D eigenvalue weighted by Gasteiger charge is -1.94. The van der Waals surface area contributed by atoms with Crippen molar-refractivity contribution in [2.75, 3.05) is 5.73 Å². The molecular formula is C8H6ClNOS. The van der Waals surface area contributed by atoms with Gasteiger partial charge in [0.2, 0.25) is 0 Å². The number of fused-ring (bicyclic) bond motifs is 1. The summed E-state index contributed by atoms with van der Waals surface area (Å²) in [5.74, 6) is 0.0924. The molecule has 2 nitrogen and oxygen atoms in total. The molecule has 0 atom stereocenters. The van der Waals surface area contributed by atoms with Crippen molar-refractivity contribution < 1.29 is 5.11 Å². The summed E-state index contributed by atoms with van der Waals surface area (Å²) in [5, 5.41) is 10.1. The van der Waals surface area contributed by atoms with Gasteiger partial charge in [-0.05, 0) is 12.1 Å². The number of thiophene rings is 1. The van der Waals surface area contributed by atoms with Crippen LogP contribution in [0.5, 0.6) is 5.75 Å². The molecule has 0 aliphatic carbocycles. The molecule has 0 saturated carbocycles. The Kier molecular flexibility index (Phi) is 1.63. The second-order valence-corrected chi connectivity index (χ2v) is 4.10. The van der Waals surface area contributed by atoms with E-state index in [4.69, 9.17) is 17.3 Å². The number of hydrogen-bond donors (Lipinski definition) is 2. The summed E-state index contributed by atoms with van der Waals surface area (Å²) in [6, 6.07) is 5.46. The van der Waals surface area contributed by atoms with Gasteiger partial charge in [0.15, 0.2) is 5.75 Å². The van der Waals surface area contributed by atoms with Crippen LogP contribution in [0.15, 0.2) is 18.2 Å². The molecule has 1 aromatic heterocycles. The Labute approximate surface area is 78.2 Å². The fourth-order valence-corrected chi connectivity index (χ4v) is 2.33. The van der Waals surface area contributed by atoms with Gasteiger partial charge in [-0.1, -0.05) is 17.7 Å². The number of anilines is 1. The topological polar surface area (TPSA) is 46.2 Å². The summed E-state index contributed by atoms with van der Waals surface area (Å²) in [7, 11) is 0. The summed E-state index contributed by atoms with van der Waals surface area (Å²) >= 11 is 7.07. The van der Waals surface area contributed by atoms with Crippen molar-refractivity contribution in [3.05, 3.63) is 22.5 Å². The summed E-state index contributed by atoms with van der Waals surface area (Å²) in [6.45, 7) is 0. The minimum absolute atomic E-state index is 0.0924. The van der Waals surface area contributed by atoms with Crippen molar-refractivity contribution in [1.29, 1.82) is 0 Å². The number of aromatic hydroxyl groups is 1. The van der Waals surface area contributed by atoms with E-state index in [9.17, 15) is 5.11 Å². The van der Waals surface area contributed by atoms with Crippen LogP contribution in [0.3, 0.4) is 0 Å². The van der Waals surface area contributed by atoms with Gasteiger partial charge in [-0.2, -0.15) is 0 Å². The van der Waals surface area contributed by atoms with E-state index >= 15 is 0 Å². The molecule has 0 fully saturated rings. The largest absolute Gasteiger partial charge is 0.505 e. The molecule has 0 unspecified atom stereocenters. The fourth-order valence-electron chi connectivity index (χ4n) is 1.13. The second-order valence-electron chi connectivity index (χ2n) is 2.44. The van der Waals surface area contributed by atoms with Gasteiger partial charge in [-0.3, -0.25) is 0 Å². The molecule has 0 aliphatic rings. The van der Waals surface area contributed by atoms with Crippen LogP contribution in [-0.2, 0) is 0 Å². The Hall–Kier alpha value is -0.930. The highest BCUT2D eigenvalue weighted by molar-refractivity contribution is 7.23. The zero-order valence-electron chi connectivity index (χ0n) is 6.04. The molecular weight excluding hydrogens is 194 g/mol. The zero-order valence-corrected chi connectivity index (χ0v) is 7.62. The SMILES string of the molecule is Nc1cccc2sc(Cl)c(O)c12. The van der Waals surface area contributed by atoms with Gasteiger partial charge in [0, 0.05) is 10.4 Å². The summed E-state index contributed by atoms with van der Waals surface area (Å²) in [6.07, 6.45) is 0. The first-order chi connectivity index (χ1) is 5.70. The lowest BCUT2D eigenvalue weighted by molar-refractivity contribution is 0.484. The minimum atomic E-state index is 0.0924. The van der Waals surface area contributed by atoms with Crippen LogP contribution in [0.2, 0.25) is 4.34 Å². The number of nitrogens with two attached hydrogens (primary N) is 1. The molecule has 3 N–H and O–H groups in total. The maximum absolute atomic E-state index is 9.48. The molecule has 4 heteroatoms. The summed E-state index contributed by atoms with van der Waals surface area (Å²) in [4.78, 5) is 0. The zero-order chi connectivity index (χ0) is 8.72. The van der Waals surface area contributed by atoms with E-state index in [0.717, 1.165) is 4.70 Å². The van der Waals surface area contributed by atoms with Gasteiger partial charge >= 0.3 is 0 Å². The third kappa shape index (κ3) is 0.940. The average molecular weight is 200 g/mol. The monoisotopic (exact) mass is 199 g/mol. The van der Waals surface area contributed by atoms with Gasteiger partial charge in [0.05, 0.1) is 5.39 Å². The average Bonchev–Trinajstić information content (AvgIpc) is 2.29. The summed E-state index contributed by atoms with van der Waals surface area (Å²) in [5.41, 5.74) is 6.22. The van der Waals surface area contributed by atoms with Crippen LogP contribution in [0.25, 0.3) is 10.1 Å². The molecule has 1 heterocycles. The van der Waals surface area contributed by atoms with E-state index in [1.807, 2.05) is 12.1 Å². The quantitative estimate of drug-likeness (QED) is 0.641. The highest BCUT2D eigenvalue weighted by atomic mass is 35.5. The number of rotatable bonds is 0. The van der Waals surface area contributed by atoms with Crippen molar-refractivity contribution in [2.24, 2.45) is 0 Å². The predicted molar refractivity (Wildman–Crippen MR) is 52.9 cm³/mol. The third-order valence-corrected chi connectivity index (χ3v) is 3.02. The Bertz CT molecular complexity index is 438. The molecule has 0 amide bonds. The molecule has 1 aromatic carbocycles. The molecule has 2 aromatic rings. The first kappa shape index (κ1) is 7.71. The molecule has 12 heavy (non-hydrogen) atoms. The first-order valence-electron chi connectivity index (χ1n) is 3.35. The van der Waals surface area contributed by atoms with E-state index in [0.29, 0.717) is 15.4 Å². The number of benzene rings is 1. The van der Waals surface area contributed by atoms with Crippen LogP contribution in [-0.4, -0.2) is 5.11 Å². The fraction of sp³-hybridized carbons (Fsp3) is 0. The lowest BCUT2D eigenvalue weighted by atomic mass is 10.2. The van der Waals surface area contributed by atoms with Gasteiger partial charge in [-0.15, -0.1) is 11.3 Å². The Morgan fingerprint density at radius 2 is 2.17 bits per heavy atom. The van der Waals surface area contributed by atoms with Crippen molar-refractivity contribution >= 4 is 38.7 Å².